The molecule has 24 heavy (non-hydrogen) atoms. The number of ether oxygens (including phenoxy) is 1. The molecule has 0 aliphatic heterocycles. The minimum Gasteiger partial charge on any atom is -0.383 e. The average molecular weight is 326 g/mol. The van der Waals surface area contributed by atoms with E-state index in [4.69, 9.17) is 4.74 Å². The molecule has 0 saturated heterocycles. The van der Waals surface area contributed by atoms with Gasteiger partial charge in [-0.25, -0.2) is 0 Å². The summed E-state index contributed by atoms with van der Waals surface area (Å²) in [4.78, 5) is 23.9. The molecule has 5 heteroatoms. The van der Waals surface area contributed by atoms with Gasteiger partial charge in [-0.3, -0.25) is 9.59 Å². The van der Waals surface area contributed by atoms with Crippen LogP contribution < -0.4 is 10.6 Å². The Bertz CT molecular complexity index is 696. The molecule has 2 amide bonds. The molecule has 2 aromatic rings. The first-order chi connectivity index (χ1) is 11.6. The zero-order chi connectivity index (χ0) is 17.4. The lowest BCUT2D eigenvalue weighted by Gasteiger charge is -2.08. The third-order valence-electron chi connectivity index (χ3n) is 3.49. The summed E-state index contributed by atoms with van der Waals surface area (Å²) in [6.07, 6.45) is 0.301. The van der Waals surface area contributed by atoms with E-state index in [-0.39, 0.29) is 11.8 Å². The number of methoxy groups -OCH3 is 1. The van der Waals surface area contributed by atoms with Crippen molar-refractivity contribution in [2.24, 2.45) is 0 Å². The van der Waals surface area contributed by atoms with E-state index in [1.807, 2.05) is 37.3 Å². The van der Waals surface area contributed by atoms with Crippen LogP contribution in [0.4, 0.5) is 5.69 Å². The molecule has 0 atom stereocenters. The van der Waals surface area contributed by atoms with Crippen LogP contribution in [-0.2, 0) is 16.0 Å². The van der Waals surface area contributed by atoms with Crippen LogP contribution in [0.3, 0.4) is 0 Å². The number of rotatable bonds is 7. The fraction of sp³-hybridized carbons (Fsp3) is 0.263. The predicted octanol–water partition coefficient (Wildman–Crippen LogP) is 2.55. The van der Waals surface area contributed by atoms with Crippen molar-refractivity contribution in [1.29, 1.82) is 0 Å². The van der Waals surface area contributed by atoms with Crippen LogP contribution in [0.25, 0.3) is 0 Å². The van der Waals surface area contributed by atoms with Crippen molar-refractivity contribution in [3.05, 3.63) is 65.2 Å². The van der Waals surface area contributed by atoms with E-state index in [9.17, 15) is 9.59 Å². The van der Waals surface area contributed by atoms with E-state index in [2.05, 4.69) is 10.6 Å². The van der Waals surface area contributed by atoms with Gasteiger partial charge in [-0.1, -0.05) is 29.8 Å². The molecular weight excluding hydrogens is 304 g/mol. The van der Waals surface area contributed by atoms with Crippen LogP contribution in [0.1, 0.15) is 21.5 Å². The SMILES string of the molecule is COCCNC(=O)Cc1ccc(NC(=O)c2cccc(C)c2)cc1. The average Bonchev–Trinajstić information content (AvgIpc) is 2.57. The van der Waals surface area contributed by atoms with Crippen LogP contribution in [0.5, 0.6) is 0 Å². The number of carbonyl (C=O) groups excluding carboxylic acids is 2. The lowest BCUT2D eigenvalue weighted by atomic mass is 10.1. The molecule has 0 bridgehead atoms. The van der Waals surface area contributed by atoms with Gasteiger partial charge in [-0.05, 0) is 36.8 Å². The molecule has 2 N–H and O–H groups in total. The van der Waals surface area contributed by atoms with Crippen molar-refractivity contribution in [2.45, 2.75) is 13.3 Å². The molecule has 126 valence electrons. The highest BCUT2D eigenvalue weighted by Gasteiger charge is 2.07. The topological polar surface area (TPSA) is 67.4 Å². The summed E-state index contributed by atoms with van der Waals surface area (Å²) < 4.78 is 4.88. The summed E-state index contributed by atoms with van der Waals surface area (Å²) >= 11 is 0. The van der Waals surface area contributed by atoms with E-state index in [0.717, 1.165) is 11.1 Å². The molecule has 0 aliphatic carbocycles. The van der Waals surface area contributed by atoms with Crippen LogP contribution >= 0.6 is 0 Å². The number of nitrogens with one attached hydrogen (secondary N) is 2. The summed E-state index contributed by atoms with van der Waals surface area (Å²) in [7, 11) is 1.59. The zero-order valence-corrected chi connectivity index (χ0v) is 14.0. The van der Waals surface area contributed by atoms with E-state index in [0.29, 0.717) is 30.8 Å². The maximum Gasteiger partial charge on any atom is 0.255 e. The number of aryl methyl sites for hydroxylation is 1. The molecule has 0 unspecified atom stereocenters. The van der Waals surface area contributed by atoms with E-state index >= 15 is 0 Å². The fourth-order valence-electron chi connectivity index (χ4n) is 2.24. The van der Waals surface area contributed by atoms with Gasteiger partial charge < -0.3 is 15.4 Å². The molecule has 0 radical (unpaired) electrons. The van der Waals surface area contributed by atoms with Crippen molar-refractivity contribution in [3.63, 3.8) is 0 Å². The first kappa shape index (κ1) is 17.7. The molecule has 0 fully saturated rings. The Labute approximate surface area is 142 Å². The molecule has 0 heterocycles. The van der Waals surface area contributed by atoms with Gasteiger partial charge in [0.2, 0.25) is 5.91 Å². The minimum absolute atomic E-state index is 0.0522. The van der Waals surface area contributed by atoms with Crippen molar-refractivity contribution >= 4 is 17.5 Å². The summed E-state index contributed by atoms with van der Waals surface area (Å²) in [5.74, 6) is -0.202. The second-order valence-electron chi connectivity index (χ2n) is 5.54. The highest BCUT2D eigenvalue weighted by Crippen LogP contribution is 2.12. The Morgan fingerprint density at radius 3 is 2.50 bits per heavy atom. The van der Waals surface area contributed by atoms with Gasteiger partial charge in [0.05, 0.1) is 13.0 Å². The second-order valence-corrected chi connectivity index (χ2v) is 5.54. The highest BCUT2D eigenvalue weighted by molar-refractivity contribution is 6.04. The van der Waals surface area contributed by atoms with E-state index < -0.39 is 0 Å². The highest BCUT2D eigenvalue weighted by atomic mass is 16.5. The summed E-state index contributed by atoms with van der Waals surface area (Å²) in [5.41, 5.74) is 3.25. The lowest BCUT2D eigenvalue weighted by Crippen LogP contribution is -2.28. The Morgan fingerprint density at radius 1 is 1.08 bits per heavy atom. The number of hydrogen-bond acceptors (Lipinski definition) is 3. The molecule has 5 nitrogen and oxygen atoms in total. The molecular formula is C19H22N2O3. The van der Waals surface area contributed by atoms with Gasteiger partial charge in [0.15, 0.2) is 0 Å². The third-order valence-corrected chi connectivity index (χ3v) is 3.49. The van der Waals surface area contributed by atoms with Crippen LogP contribution in [-0.4, -0.2) is 32.1 Å². The van der Waals surface area contributed by atoms with Gasteiger partial charge in [0.25, 0.3) is 5.91 Å². The maximum absolute atomic E-state index is 12.2. The van der Waals surface area contributed by atoms with Crippen molar-refractivity contribution < 1.29 is 14.3 Å². The van der Waals surface area contributed by atoms with Gasteiger partial charge in [0, 0.05) is 24.9 Å². The third kappa shape index (κ3) is 5.52. The first-order valence-electron chi connectivity index (χ1n) is 7.81. The monoisotopic (exact) mass is 326 g/mol. The molecule has 2 aromatic carbocycles. The van der Waals surface area contributed by atoms with Crippen LogP contribution in [0.2, 0.25) is 0 Å². The predicted molar refractivity (Wildman–Crippen MR) is 94.2 cm³/mol. The Hall–Kier alpha value is -2.66. The zero-order valence-electron chi connectivity index (χ0n) is 14.0. The molecule has 0 aliphatic rings. The summed E-state index contributed by atoms with van der Waals surface area (Å²) in [6.45, 7) is 2.94. The maximum atomic E-state index is 12.2. The second kappa shape index (κ2) is 8.84. The summed E-state index contributed by atoms with van der Waals surface area (Å²) in [6, 6.07) is 14.7. The molecule has 2 rings (SSSR count). The molecule has 0 spiro atoms. The van der Waals surface area contributed by atoms with Gasteiger partial charge in [-0.15, -0.1) is 0 Å². The first-order valence-corrected chi connectivity index (χ1v) is 7.81. The Balaban J connectivity index is 1.90. The largest absolute Gasteiger partial charge is 0.383 e. The van der Waals surface area contributed by atoms with Crippen LogP contribution in [0.15, 0.2) is 48.5 Å². The molecule has 0 saturated carbocycles. The Kier molecular flexibility index (Phi) is 6.51. The molecule has 0 aromatic heterocycles. The van der Waals surface area contributed by atoms with Crippen molar-refractivity contribution in [2.75, 3.05) is 25.6 Å². The van der Waals surface area contributed by atoms with Gasteiger partial charge in [-0.2, -0.15) is 0 Å². The number of anilines is 1. The standard InChI is InChI=1S/C19H22N2O3/c1-14-4-3-5-16(12-14)19(23)21-17-8-6-15(7-9-17)13-18(22)20-10-11-24-2/h3-9,12H,10-11,13H2,1-2H3,(H,20,22)(H,21,23). The quantitative estimate of drug-likeness (QED) is 0.769. The van der Waals surface area contributed by atoms with Crippen molar-refractivity contribution in [3.8, 4) is 0 Å². The van der Waals surface area contributed by atoms with Crippen molar-refractivity contribution in [1.82, 2.24) is 5.32 Å². The normalized spacial score (nSPS) is 10.2. The number of benzene rings is 2. The smallest absolute Gasteiger partial charge is 0.255 e. The van der Waals surface area contributed by atoms with E-state index in [1.54, 1.807) is 25.3 Å². The lowest BCUT2D eigenvalue weighted by molar-refractivity contribution is -0.120. The number of amides is 2. The minimum atomic E-state index is -0.149. The van der Waals surface area contributed by atoms with Crippen LogP contribution in [0, 0.1) is 6.92 Å². The fourth-order valence-corrected chi connectivity index (χ4v) is 2.24. The van der Waals surface area contributed by atoms with E-state index in [1.165, 1.54) is 0 Å². The van der Waals surface area contributed by atoms with Gasteiger partial charge >= 0.3 is 0 Å². The summed E-state index contributed by atoms with van der Waals surface area (Å²) in [5, 5.41) is 5.62. The van der Waals surface area contributed by atoms with Gasteiger partial charge in [0.1, 0.15) is 0 Å². The number of carbonyl (C=O) groups is 2. The number of hydrogen-bond donors (Lipinski definition) is 2. The Morgan fingerprint density at radius 2 is 1.83 bits per heavy atom.